The van der Waals surface area contributed by atoms with Gasteiger partial charge >= 0.3 is 0 Å². The van der Waals surface area contributed by atoms with Crippen LogP contribution in [0, 0.1) is 0 Å². The van der Waals surface area contributed by atoms with Crippen molar-refractivity contribution < 1.29 is 9.62 Å². The Hall–Kier alpha value is -2.18. The minimum Gasteiger partial charge on any atom is -0.431 e. The highest BCUT2D eigenvalue weighted by molar-refractivity contribution is 7.99. The van der Waals surface area contributed by atoms with Crippen LogP contribution in [-0.2, 0) is 0 Å². The monoisotopic (exact) mass is 319 g/mol. The molecular formula is C14H10ClN3O2S. The Morgan fingerprint density at radius 3 is 2.81 bits per heavy atom. The maximum atomic E-state index is 8.87. The number of aromatic nitrogens is 1. The Morgan fingerprint density at radius 2 is 2.05 bits per heavy atom. The summed E-state index contributed by atoms with van der Waals surface area (Å²) in [6, 6.07) is 12.7. The fourth-order valence-corrected chi connectivity index (χ4v) is 3.13. The average molecular weight is 320 g/mol. The number of oxazole rings is 1. The predicted octanol–water partition coefficient (Wildman–Crippen LogP) is 3.73. The smallest absolute Gasteiger partial charge is 0.261 e. The molecule has 0 spiro atoms. The number of rotatable bonds is 3. The van der Waals surface area contributed by atoms with E-state index in [2.05, 4.69) is 10.1 Å². The zero-order chi connectivity index (χ0) is 14.8. The fourth-order valence-electron chi connectivity index (χ4n) is 1.88. The van der Waals surface area contributed by atoms with E-state index in [1.54, 1.807) is 18.2 Å². The maximum absolute atomic E-state index is 8.87. The van der Waals surface area contributed by atoms with Crippen LogP contribution in [0.25, 0.3) is 11.1 Å². The summed E-state index contributed by atoms with van der Waals surface area (Å²) >= 11 is 7.38. The Morgan fingerprint density at radius 1 is 1.24 bits per heavy atom. The molecule has 0 saturated heterocycles. The van der Waals surface area contributed by atoms with Gasteiger partial charge in [-0.25, -0.2) is 4.98 Å². The number of amidine groups is 1. The van der Waals surface area contributed by atoms with Gasteiger partial charge in [-0.15, -0.1) is 0 Å². The van der Waals surface area contributed by atoms with Gasteiger partial charge in [0.15, 0.2) is 11.4 Å². The molecule has 21 heavy (non-hydrogen) atoms. The molecule has 0 amide bonds. The highest BCUT2D eigenvalue weighted by Crippen LogP contribution is 2.34. The van der Waals surface area contributed by atoms with Crippen LogP contribution in [0.2, 0.25) is 5.02 Å². The van der Waals surface area contributed by atoms with Gasteiger partial charge in [0.05, 0.1) is 10.6 Å². The zero-order valence-electron chi connectivity index (χ0n) is 10.7. The molecule has 7 heteroatoms. The van der Waals surface area contributed by atoms with Crippen molar-refractivity contribution in [2.75, 3.05) is 0 Å². The quantitative estimate of drug-likeness (QED) is 0.332. The first-order valence-electron chi connectivity index (χ1n) is 5.99. The fraction of sp³-hybridized carbons (Fsp3) is 0. The van der Waals surface area contributed by atoms with Gasteiger partial charge in [-0.05, 0) is 36.0 Å². The normalized spacial score (nSPS) is 12.0. The summed E-state index contributed by atoms with van der Waals surface area (Å²) in [7, 11) is 0. The second-order valence-electron chi connectivity index (χ2n) is 4.15. The maximum Gasteiger partial charge on any atom is 0.261 e. The summed E-state index contributed by atoms with van der Waals surface area (Å²) in [6.45, 7) is 0. The molecule has 2 aromatic carbocycles. The van der Waals surface area contributed by atoms with Crippen molar-refractivity contribution in [3.05, 3.63) is 53.1 Å². The number of benzene rings is 2. The van der Waals surface area contributed by atoms with Crippen molar-refractivity contribution in [2.24, 2.45) is 10.9 Å². The zero-order valence-corrected chi connectivity index (χ0v) is 12.2. The van der Waals surface area contributed by atoms with Crippen LogP contribution >= 0.6 is 23.4 Å². The minimum absolute atomic E-state index is 0.0563. The lowest BCUT2D eigenvalue weighted by Gasteiger charge is -2.07. The SMILES string of the molecule is NC(=NO)c1c(Cl)cccc1Sc1nc2ccccc2o1. The first-order chi connectivity index (χ1) is 10.2. The van der Waals surface area contributed by atoms with Gasteiger partial charge in [-0.1, -0.05) is 35.0 Å². The van der Waals surface area contributed by atoms with Crippen LogP contribution in [-0.4, -0.2) is 16.0 Å². The van der Waals surface area contributed by atoms with Crippen LogP contribution in [0.15, 0.2) is 62.2 Å². The standard InChI is InChI=1S/C14H10ClN3O2S/c15-8-4-3-7-11(12(8)13(16)18-19)21-14-17-9-5-1-2-6-10(9)20-14/h1-7,19H,(H2,16,18). The summed E-state index contributed by atoms with van der Waals surface area (Å²) in [5, 5.41) is 12.7. The van der Waals surface area contributed by atoms with Gasteiger partial charge < -0.3 is 15.4 Å². The number of oxime groups is 1. The van der Waals surface area contributed by atoms with Crippen molar-refractivity contribution in [1.82, 2.24) is 4.98 Å². The van der Waals surface area contributed by atoms with Gasteiger partial charge in [-0.3, -0.25) is 0 Å². The van der Waals surface area contributed by atoms with Gasteiger partial charge in [-0.2, -0.15) is 0 Å². The lowest BCUT2D eigenvalue weighted by molar-refractivity contribution is 0.318. The van der Waals surface area contributed by atoms with E-state index in [-0.39, 0.29) is 5.84 Å². The molecule has 0 radical (unpaired) electrons. The molecule has 0 aliphatic heterocycles. The lowest BCUT2D eigenvalue weighted by Crippen LogP contribution is -2.14. The van der Waals surface area contributed by atoms with E-state index in [0.717, 1.165) is 5.52 Å². The topological polar surface area (TPSA) is 84.6 Å². The van der Waals surface area contributed by atoms with E-state index >= 15 is 0 Å². The number of hydrogen-bond donors (Lipinski definition) is 2. The van der Waals surface area contributed by atoms with Crippen LogP contribution < -0.4 is 5.73 Å². The lowest BCUT2D eigenvalue weighted by atomic mass is 10.2. The number of nitrogens with zero attached hydrogens (tertiary/aromatic N) is 2. The van der Waals surface area contributed by atoms with Crippen molar-refractivity contribution in [1.29, 1.82) is 0 Å². The number of nitrogens with two attached hydrogens (primary N) is 1. The van der Waals surface area contributed by atoms with Gasteiger partial charge in [0, 0.05) is 4.90 Å². The molecule has 0 bridgehead atoms. The number of halogens is 1. The number of fused-ring (bicyclic) bond motifs is 1. The highest BCUT2D eigenvalue weighted by Gasteiger charge is 2.15. The minimum atomic E-state index is -0.0563. The molecule has 106 valence electrons. The number of hydrogen-bond acceptors (Lipinski definition) is 5. The average Bonchev–Trinajstić information content (AvgIpc) is 2.89. The molecule has 5 nitrogen and oxygen atoms in total. The molecule has 3 N–H and O–H groups in total. The van der Waals surface area contributed by atoms with Crippen LogP contribution in [0.4, 0.5) is 0 Å². The molecule has 1 aromatic heterocycles. The molecular weight excluding hydrogens is 310 g/mol. The number of para-hydroxylation sites is 2. The highest BCUT2D eigenvalue weighted by atomic mass is 35.5. The van der Waals surface area contributed by atoms with E-state index in [9.17, 15) is 0 Å². The molecule has 0 saturated carbocycles. The van der Waals surface area contributed by atoms with Gasteiger partial charge in [0.25, 0.3) is 5.22 Å². The Kier molecular flexibility index (Phi) is 3.72. The second kappa shape index (κ2) is 5.67. The molecule has 0 unspecified atom stereocenters. The third-order valence-electron chi connectivity index (χ3n) is 2.81. The van der Waals surface area contributed by atoms with Crippen molar-refractivity contribution >= 4 is 40.3 Å². The summed E-state index contributed by atoms with van der Waals surface area (Å²) in [5.41, 5.74) is 7.60. The van der Waals surface area contributed by atoms with Crippen molar-refractivity contribution in [3.8, 4) is 0 Å². The molecule has 1 heterocycles. The van der Waals surface area contributed by atoms with E-state index in [4.69, 9.17) is 27.0 Å². The van der Waals surface area contributed by atoms with E-state index < -0.39 is 0 Å². The molecule has 0 fully saturated rings. The van der Waals surface area contributed by atoms with Gasteiger partial charge in [0.2, 0.25) is 0 Å². The Bertz CT molecular complexity index is 799. The van der Waals surface area contributed by atoms with E-state index in [1.807, 2.05) is 24.3 Å². The van der Waals surface area contributed by atoms with Crippen LogP contribution in [0.5, 0.6) is 0 Å². The molecule has 0 aliphatic rings. The Labute approximate surface area is 129 Å². The first-order valence-corrected chi connectivity index (χ1v) is 7.18. The molecule has 3 rings (SSSR count). The summed E-state index contributed by atoms with van der Waals surface area (Å²) in [6.07, 6.45) is 0. The third-order valence-corrected chi connectivity index (χ3v) is 4.04. The molecule has 0 atom stereocenters. The van der Waals surface area contributed by atoms with Gasteiger partial charge in [0.1, 0.15) is 5.52 Å². The molecule has 3 aromatic rings. The van der Waals surface area contributed by atoms with Crippen LogP contribution in [0.3, 0.4) is 0 Å². The van der Waals surface area contributed by atoms with E-state index in [0.29, 0.717) is 26.3 Å². The van der Waals surface area contributed by atoms with E-state index in [1.165, 1.54) is 11.8 Å². The summed E-state index contributed by atoms with van der Waals surface area (Å²) < 4.78 is 5.65. The molecule has 0 aliphatic carbocycles. The summed E-state index contributed by atoms with van der Waals surface area (Å²) in [4.78, 5) is 5.07. The predicted molar refractivity (Wildman–Crippen MR) is 82.1 cm³/mol. The van der Waals surface area contributed by atoms with Crippen molar-refractivity contribution in [2.45, 2.75) is 10.1 Å². The largest absolute Gasteiger partial charge is 0.431 e. The Balaban J connectivity index is 2.03. The first kappa shape index (κ1) is 13.8. The third kappa shape index (κ3) is 2.68. The van der Waals surface area contributed by atoms with Crippen molar-refractivity contribution in [3.63, 3.8) is 0 Å². The van der Waals surface area contributed by atoms with Crippen LogP contribution in [0.1, 0.15) is 5.56 Å². The second-order valence-corrected chi connectivity index (χ2v) is 5.55. The summed E-state index contributed by atoms with van der Waals surface area (Å²) in [5.74, 6) is -0.0563.